The summed E-state index contributed by atoms with van der Waals surface area (Å²) in [5, 5.41) is 6.62. The van der Waals surface area contributed by atoms with Crippen LogP contribution in [0.1, 0.15) is 51.4 Å². The first-order valence-electron chi connectivity index (χ1n) is 8.56. The maximum atomic E-state index is 12.4. The summed E-state index contributed by atoms with van der Waals surface area (Å²) in [7, 11) is 0. The number of nitrogens with one attached hydrogen (secondary N) is 2. The van der Waals surface area contributed by atoms with Gasteiger partial charge in [0.25, 0.3) is 0 Å². The molecule has 2 aliphatic carbocycles. The smallest absolute Gasteiger partial charge is 0.237 e. The maximum Gasteiger partial charge on any atom is 0.237 e. The summed E-state index contributed by atoms with van der Waals surface area (Å²) in [6.07, 6.45) is 8.82. The molecule has 0 aromatic heterocycles. The third-order valence-corrected chi connectivity index (χ3v) is 5.67. The summed E-state index contributed by atoms with van der Waals surface area (Å²) in [5.41, 5.74) is 0. The van der Waals surface area contributed by atoms with Gasteiger partial charge in [0.05, 0.1) is 12.1 Å². The van der Waals surface area contributed by atoms with E-state index < -0.39 is 0 Å². The molecule has 0 aromatic rings. The van der Waals surface area contributed by atoms with Crippen molar-refractivity contribution in [1.82, 2.24) is 15.5 Å². The second-order valence-corrected chi connectivity index (χ2v) is 7.29. The van der Waals surface area contributed by atoms with E-state index >= 15 is 0 Å². The number of amides is 2. The topological polar surface area (TPSA) is 61.4 Å². The van der Waals surface area contributed by atoms with Crippen LogP contribution in [-0.2, 0) is 9.59 Å². The van der Waals surface area contributed by atoms with Gasteiger partial charge in [-0.3, -0.25) is 9.59 Å². The van der Waals surface area contributed by atoms with Crippen molar-refractivity contribution in [2.75, 3.05) is 6.54 Å². The molecular weight excluding hydrogens is 266 g/mol. The van der Waals surface area contributed by atoms with Crippen LogP contribution in [0.4, 0.5) is 0 Å². The molecule has 2 heterocycles. The first-order valence-corrected chi connectivity index (χ1v) is 8.56. The highest BCUT2D eigenvalue weighted by atomic mass is 16.2. The number of hydrogen-bond donors (Lipinski definition) is 2. The molecule has 2 saturated heterocycles. The normalized spacial score (nSPS) is 39.4. The maximum absolute atomic E-state index is 12.4. The molecule has 21 heavy (non-hydrogen) atoms. The average Bonchev–Trinajstić information content (AvgIpc) is 3.11. The second-order valence-electron chi connectivity index (χ2n) is 7.29. The van der Waals surface area contributed by atoms with E-state index in [1.165, 1.54) is 25.7 Å². The quantitative estimate of drug-likeness (QED) is 0.808. The minimum Gasteiger partial charge on any atom is -0.350 e. The van der Waals surface area contributed by atoms with Crippen LogP contribution in [0, 0.1) is 5.92 Å². The van der Waals surface area contributed by atoms with Crippen LogP contribution in [0.2, 0.25) is 0 Å². The molecule has 4 aliphatic rings. The number of fused-ring (bicyclic) bond motifs is 1. The summed E-state index contributed by atoms with van der Waals surface area (Å²) < 4.78 is 0. The molecule has 0 spiro atoms. The van der Waals surface area contributed by atoms with Crippen molar-refractivity contribution in [3.05, 3.63) is 0 Å². The molecule has 4 rings (SSSR count). The van der Waals surface area contributed by atoms with Crippen molar-refractivity contribution in [3.8, 4) is 0 Å². The number of nitrogens with zero attached hydrogens (tertiary/aromatic N) is 1. The Kier molecular flexibility index (Phi) is 3.40. The van der Waals surface area contributed by atoms with Gasteiger partial charge >= 0.3 is 0 Å². The van der Waals surface area contributed by atoms with E-state index in [4.69, 9.17) is 0 Å². The van der Waals surface area contributed by atoms with Crippen LogP contribution in [-0.4, -0.2) is 47.4 Å². The first-order chi connectivity index (χ1) is 10.2. The number of carbonyl (C=O) groups is 2. The van der Waals surface area contributed by atoms with Crippen molar-refractivity contribution in [3.63, 3.8) is 0 Å². The third kappa shape index (κ3) is 2.68. The van der Waals surface area contributed by atoms with Gasteiger partial charge in [0.15, 0.2) is 0 Å². The molecule has 4 unspecified atom stereocenters. The third-order valence-electron chi connectivity index (χ3n) is 5.67. The zero-order chi connectivity index (χ0) is 14.4. The predicted octanol–water partition coefficient (Wildman–Crippen LogP) is 0.787. The minimum atomic E-state index is -0.0387. The molecule has 2 aliphatic heterocycles. The Morgan fingerprint density at radius 3 is 2.76 bits per heavy atom. The lowest BCUT2D eigenvalue weighted by atomic mass is 9.85. The van der Waals surface area contributed by atoms with Crippen molar-refractivity contribution >= 4 is 11.8 Å². The number of hydrogen-bond acceptors (Lipinski definition) is 3. The molecule has 0 radical (unpaired) electrons. The largest absolute Gasteiger partial charge is 0.350 e. The molecule has 5 heteroatoms. The Balaban J connectivity index is 1.31. The van der Waals surface area contributed by atoms with Crippen LogP contribution >= 0.6 is 0 Å². The minimum absolute atomic E-state index is 0.0232. The van der Waals surface area contributed by atoms with E-state index in [1.54, 1.807) is 0 Å². The molecule has 2 N–H and O–H groups in total. The number of carbonyl (C=O) groups excluding carboxylic acids is 2. The van der Waals surface area contributed by atoms with Crippen LogP contribution in [0.5, 0.6) is 0 Å². The Labute approximate surface area is 125 Å². The van der Waals surface area contributed by atoms with E-state index in [0.29, 0.717) is 24.4 Å². The van der Waals surface area contributed by atoms with Crippen LogP contribution in [0.25, 0.3) is 0 Å². The highest BCUT2D eigenvalue weighted by molar-refractivity contribution is 5.85. The zero-order valence-corrected chi connectivity index (χ0v) is 12.5. The summed E-state index contributed by atoms with van der Waals surface area (Å²) in [5.74, 6) is 1.01. The van der Waals surface area contributed by atoms with Gasteiger partial charge in [-0.15, -0.1) is 0 Å². The average molecular weight is 291 g/mol. The fourth-order valence-corrected chi connectivity index (χ4v) is 4.39. The van der Waals surface area contributed by atoms with Gasteiger partial charge in [0.1, 0.15) is 0 Å². The van der Waals surface area contributed by atoms with E-state index in [2.05, 4.69) is 10.6 Å². The van der Waals surface area contributed by atoms with Crippen molar-refractivity contribution < 1.29 is 9.59 Å². The summed E-state index contributed by atoms with van der Waals surface area (Å²) >= 11 is 0. The van der Waals surface area contributed by atoms with Gasteiger partial charge < -0.3 is 15.5 Å². The lowest BCUT2D eigenvalue weighted by Gasteiger charge is -2.24. The highest BCUT2D eigenvalue weighted by Gasteiger charge is 2.42. The SMILES string of the molecule is O=C(NC1CC(=O)N(C2CC2)C1)C1CC2CCCCC2N1. The molecule has 5 nitrogen and oxygen atoms in total. The van der Waals surface area contributed by atoms with Gasteiger partial charge in [0, 0.05) is 25.0 Å². The number of rotatable bonds is 3. The van der Waals surface area contributed by atoms with Gasteiger partial charge in [-0.2, -0.15) is 0 Å². The molecule has 0 bridgehead atoms. The van der Waals surface area contributed by atoms with Crippen LogP contribution in [0.3, 0.4) is 0 Å². The molecule has 2 saturated carbocycles. The van der Waals surface area contributed by atoms with Crippen LogP contribution in [0.15, 0.2) is 0 Å². The van der Waals surface area contributed by atoms with Gasteiger partial charge in [-0.1, -0.05) is 12.8 Å². The molecule has 2 amide bonds. The molecule has 4 atom stereocenters. The monoisotopic (exact) mass is 291 g/mol. The van der Waals surface area contributed by atoms with E-state index in [1.807, 2.05) is 4.90 Å². The molecular formula is C16H25N3O2. The van der Waals surface area contributed by atoms with E-state index in [0.717, 1.165) is 25.8 Å². The lowest BCUT2D eigenvalue weighted by Crippen LogP contribution is -2.47. The Bertz CT molecular complexity index is 435. The van der Waals surface area contributed by atoms with Crippen molar-refractivity contribution in [1.29, 1.82) is 0 Å². The molecule has 0 aromatic carbocycles. The number of likely N-dealkylation sites (tertiary alicyclic amines) is 1. The predicted molar refractivity (Wildman–Crippen MR) is 78.6 cm³/mol. The fourth-order valence-electron chi connectivity index (χ4n) is 4.39. The highest BCUT2D eigenvalue weighted by Crippen LogP contribution is 2.34. The van der Waals surface area contributed by atoms with Crippen molar-refractivity contribution in [2.24, 2.45) is 5.92 Å². The van der Waals surface area contributed by atoms with Gasteiger partial charge in [0.2, 0.25) is 11.8 Å². The summed E-state index contributed by atoms with van der Waals surface area (Å²) in [6, 6.07) is 0.993. The molecule has 116 valence electrons. The Morgan fingerprint density at radius 1 is 1.19 bits per heavy atom. The second kappa shape index (κ2) is 5.27. The summed E-state index contributed by atoms with van der Waals surface area (Å²) in [6.45, 7) is 0.717. The Hall–Kier alpha value is -1.10. The molecule has 4 fully saturated rings. The first kappa shape index (κ1) is 13.6. The van der Waals surface area contributed by atoms with E-state index in [9.17, 15) is 9.59 Å². The standard InChI is InChI=1S/C16H25N3O2/c20-15-8-11(9-19(15)12-5-6-12)17-16(21)14-7-10-3-1-2-4-13(10)18-14/h10-14,18H,1-9H2,(H,17,21). The zero-order valence-electron chi connectivity index (χ0n) is 12.5. The van der Waals surface area contributed by atoms with Crippen molar-refractivity contribution in [2.45, 2.75) is 75.5 Å². The lowest BCUT2D eigenvalue weighted by molar-refractivity contribution is -0.128. The van der Waals surface area contributed by atoms with Gasteiger partial charge in [-0.05, 0) is 38.0 Å². The van der Waals surface area contributed by atoms with Gasteiger partial charge in [-0.25, -0.2) is 0 Å². The Morgan fingerprint density at radius 2 is 2.00 bits per heavy atom. The summed E-state index contributed by atoms with van der Waals surface area (Å²) in [4.78, 5) is 26.3. The fraction of sp³-hybridized carbons (Fsp3) is 0.875. The van der Waals surface area contributed by atoms with Crippen LogP contribution < -0.4 is 10.6 Å². The van der Waals surface area contributed by atoms with E-state index in [-0.39, 0.29) is 23.9 Å².